The van der Waals surface area contributed by atoms with Crippen LogP contribution in [-0.4, -0.2) is 54.3 Å². The lowest BCUT2D eigenvalue weighted by Crippen LogP contribution is -2.49. The summed E-state index contributed by atoms with van der Waals surface area (Å²) in [5, 5.41) is 8.16. The number of carbonyl (C=O) groups excluding carboxylic acids is 1. The van der Waals surface area contributed by atoms with Gasteiger partial charge >= 0.3 is 0 Å². The number of hydrogen-bond acceptors (Lipinski definition) is 5. The molecule has 0 bridgehead atoms. The van der Waals surface area contributed by atoms with E-state index in [0.29, 0.717) is 12.3 Å². The van der Waals surface area contributed by atoms with Gasteiger partial charge in [0.25, 0.3) is 0 Å². The van der Waals surface area contributed by atoms with Gasteiger partial charge in [-0.1, -0.05) is 30.3 Å². The van der Waals surface area contributed by atoms with E-state index in [9.17, 15) is 4.79 Å². The standard InChI is InChI=1S/C18H22N4O2/c1-24-17-9-8-16(19-20-17)21-11-13-22(14-12-21)18(23)10-7-15-5-3-2-4-6-15/h2-6,8-9H,7,10-14H2,1H3. The molecule has 1 aromatic carbocycles. The fraction of sp³-hybridized carbons (Fsp3) is 0.389. The third-order valence-corrected chi connectivity index (χ3v) is 4.26. The molecule has 0 spiro atoms. The van der Waals surface area contributed by atoms with Gasteiger partial charge in [0.1, 0.15) is 0 Å². The Labute approximate surface area is 142 Å². The number of ether oxygens (including phenoxy) is 1. The third-order valence-electron chi connectivity index (χ3n) is 4.26. The predicted octanol–water partition coefficient (Wildman–Crippen LogP) is 1.77. The molecule has 1 aliphatic heterocycles. The van der Waals surface area contributed by atoms with Gasteiger partial charge in [0, 0.05) is 38.7 Å². The highest BCUT2D eigenvalue weighted by atomic mass is 16.5. The molecule has 0 atom stereocenters. The lowest BCUT2D eigenvalue weighted by atomic mass is 10.1. The second kappa shape index (κ2) is 7.77. The van der Waals surface area contributed by atoms with Gasteiger partial charge in [-0.25, -0.2) is 0 Å². The van der Waals surface area contributed by atoms with Crippen LogP contribution >= 0.6 is 0 Å². The van der Waals surface area contributed by atoms with Gasteiger partial charge in [0.2, 0.25) is 11.8 Å². The average molecular weight is 326 g/mol. The van der Waals surface area contributed by atoms with Crippen molar-refractivity contribution < 1.29 is 9.53 Å². The Morgan fingerprint density at radius 3 is 2.42 bits per heavy atom. The predicted molar refractivity (Wildman–Crippen MR) is 92.1 cm³/mol. The molecule has 126 valence electrons. The summed E-state index contributed by atoms with van der Waals surface area (Å²) in [6.45, 7) is 3.00. The van der Waals surface area contributed by atoms with Gasteiger partial charge in [0.05, 0.1) is 7.11 Å². The zero-order valence-electron chi connectivity index (χ0n) is 13.9. The molecule has 0 radical (unpaired) electrons. The summed E-state index contributed by atoms with van der Waals surface area (Å²) in [7, 11) is 1.57. The third kappa shape index (κ3) is 4.01. The van der Waals surface area contributed by atoms with Crippen LogP contribution in [0.2, 0.25) is 0 Å². The lowest BCUT2D eigenvalue weighted by molar-refractivity contribution is -0.131. The number of piperazine rings is 1. The van der Waals surface area contributed by atoms with Crippen LogP contribution in [0.1, 0.15) is 12.0 Å². The molecule has 1 amide bonds. The molecule has 0 aliphatic carbocycles. The number of aromatic nitrogens is 2. The van der Waals surface area contributed by atoms with Gasteiger partial charge in [0.15, 0.2) is 5.82 Å². The van der Waals surface area contributed by atoms with E-state index in [4.69, 9.17) is 4.74 Å². The highest BCUT2D eigenvalue weighted by Gasteiger charge is 2.21. The molecule has 1 aromatic heterocycles. The minimum Gasteiger partial charge on any atom is -0.480 e. The Morgan fingerprint density at radius 1 is 1.04 bits per heavy atom. The number of hydrogen-bond donors (Lipinski definition) is 0. The van der Waals surface area contributed by atoms with E-state index >= 15 is 0 Å². The molecular formula is C18H22N4O2. The molecule has 0 unspecified atom stereocenters. The number of anilines is 1. The molecule has 1 fully saturated rings. The Kier molecular flexibility index (Phi) is 5.25. The zero-order chi connectivity index (χ0) is 16.8. The first kappa shape index (κ1) is 16.2. The number of benzene rings is 1. The molecule has 6 nitrogen and oxygen atoms in total. The van der Waals surface area contributed by atoms with Crippen LogP contribution in [0.25, 0.3) is 0 Å². The van der Waals surface area contributed by atoms with Crippen molar-refractivity contribution in [3.05, 3.63) is 48.0 Å². The maximum absolute atomic E-state index is 12.4. The summed E-state index contributed by atoms with van der Waals surface area (Å²) >= 11 is 0. The second-order valence-corrected chi connectivity index (χ2v) is 5.79. The van der Waals surface area contributed by atoms with Crippen molar-refractivity contribution in [1.29, 1.82) is 0 Å². The van der Waals surface area contributed by atoms with Crippen molar-refractivity contribution in [2.45, 2.75) is 12.8 Å². The van der Waals surface area contributed by atoms with Crippen molar-refractivity contribution in [2.24, 2.45) is 0 Å². The zero-order valence-corrected chi connectivity index (χ0v) is 13.9. The molecule has 1 aliphatic rings. The fourth-order valence-electron chi connectivity index (χ4n) is 2.83. The van der Waals surface area contributed by atoms with Crippen LogP contribution < -0.4 is 9.64 Å². The normalized spacial score (nSPS) is 14.5. The van der Waals surface area contributed by atoms with Crippen LogP contribution in [0.3, 0.4) is 0 Å². The van der Waals surface area contributed by atoms with Crippen LogP contribution in [0.5, 0.6) is 5.88 Å². The Morgan fingerprint density at radius 2 is 1.79 bits per heavy atom. The van der Waals surface area contributed by atoms with Gasteiger partial charge in [-0.15, -0.1) is 10.2 Å². The summed E-state index contributed by atoms with van der Waals surface area (Å²) in [5.41, 5.74) is 1.21. The highest BCUT2D eigenvalue weighted by molar-refractivity contribution is 5.76. The van der Waals surface area contributed by atoms with E-state index in [1.165, 1.54) is 5.56 Å². The Bertz CT molecular complexity index is 652. The smallest absolute Gasteiger partial charge is 0.233 e. The second-order valence-electron chi connectivity index (χ2n) is 5.79. The molecule has 0 N–H and O–H groups in total. The van der Waals surface area contributed by atoms with Crippen molar-refractivity contribution in [3.63, 3.8) is 0 Å². The number of methoxy groups -OCH3 is 1. The first-order valence-electron chi connectivity index (χ1n) is 8.20. The first-order valence-corrected chi connectivity index (χ1v) is 8.20. The van der Waals surface area contributed by atoms with E-state index in [0.717, 1.165) is 38.4 Å². The summed E-state index contributed by atoms with van der Waals surface area (Å²) in [5.74, 6) is 1.56. The van der Waals surface area contributed by atoms with Gasteiger partial charge in [-0.05, 0) is 18.1 Å². The number of amides is 1. The minimum atomic E-state index is 0.222. The van der Waals surface area contributed by atoms with Gasteiger partial charge < -0.3 is 14.5 Å². The molecule has 2 heterocycles. The number of rotatable bonds is 5. The Hall–Kier alpha value is -2.63. The largest absolute Gasteiger partial charge is 0.480 e. The molecule has 3 rings (SSSR count). The quantitative estimate of drug-likeness (QED) is 0.838. The van der Waals surface area contributed by atoms with Gasteiger partial charge in [-0.2, -0.15) is 0 Å². The first-order chi connectivity index (χ1) is 11.8. The van der Waals surface area contributed by atoms with E-state index in [2.05, 4.69) is 27.2 Å². The monoisotopic (exact) mass is 326 g/mol. The topological polar surface area (TPSA) is 58.6 Å². The Balaban J connectivity index is 1.48. The van der Waals surface area contributed by atoms with Gasteiger partial charge in [-0.3, -0.25) is 4.79 Å². The summed E-state index contributed by atoms with van der Waals surface area (Å²) in [4.78, 5) is 16.4. The highest BCUT2D eigenvalue weighted by Crippen LogP contribution is 2.15. The van der Waals surface area contributed by atoms with Crippen molar-refractivity contribution in [1.82, 2.24) is 15.1 Å². The summed E-state index contributed by atoms with van der Waals surface area (Å²) < 4.78 is 5.02. The molecular weight excluding hydrogens is 304 g/mol. The van der Waals surface area contributed by atoms with Crippen molar-refractivity contribution in [3.8, 4) is 5.88 Å². The van der Waals surface area contributed by atoms with Crippen molar-refractivity contribution in [2.75, 3.05) is 38.2 Å². The summed E-state index contributed by atoms with van der Waals surface area (Å²) in [6, 6.07) is 13.8. The maximum Gasteiger partial charge on any atom is 0.233 e. The minimum absolute atomic E-state index is 0.222. The molecule has 24 heavy (non-hydrogen) atoms. The van der Waals surface area contributed by atoms with Crippen LogP contribution in [0, 0.1) is 0 Å². The number of nitrogens with zero attached hydrogens (tertiary/aromatic N) is 4. The summed E-state index contributed by atoms with van der Waals surface area (Å²) in [6.07, 6.45) is 1.36. The molecule has 2 aromatic rings. The molecule has 0 saturated carbocycles. The van der Waals surface area contributed by atoms with Crippen LogP contribution in [0.4, 0.5) is 5.82 Å². The molecule has 1 saturated heterocycles. The van der Waals surface area contributed by atoms with Crippen molar-refractivity contribution >= 4 is 11.7 Å². The number of carbonyl (C=O) groups is 1. The van der Waals surface area contributed by atoms with Crippen LogP contribution in [-0.2, 0) is 11.2 Å². The number of aryl methyl sites for hydroxylation is 1. The lowest BCUT2D eigenvalue weighted by Gasteiger charge is -2.35. The fourth-order valence-corrected chi connectivity index (χ4v) is 2.83. The average Bonchev–Trinajstić information content (AvgIpc) is 2.67. The molecule has 6 heteroatoms. The van der Waals surface area contributed by atoms with E-state index in [-0.39, 0.29) is 5.91 Å². The maximum atomic E-state index is 12.4. The SMILES string of the molecule is COc1ccc(N2CCN(C(=O)CCc3ccccc3)CC2)nn1. The van der Waals surface area contributed by atoms with Crippen LogP contribution in [0.15, 0.2) is 42.5 Å². The van der Waals surface area contributed by atoms with E-state index in [1.54, 1.807) is 13.2 Å². The van der Waals surface area contributed by atoms with E-state index in [1.807, 2.05) is 29.2 Å². The van der Waals surface area contributed by atoms with E-state index < -0.39 is 0 Å².